The molecule has 0 radical (unpaired) electrons. The number of hydrogen-bond acceptors (Lipinski definition) is 3. The van der Waals surface area contributed by atoms with E-state index in [2.05, 4.69) is 6.92 Å². The molecule has 0 saturated carbocycles. The molecule has 5 rings (SSSR count). The minimum Gasteiger partial charge on any atom is -0.338 e. The molecule has 4 heterocycles. The first-order valence-corrected chi connectivity index (χ1v) is 9.75. The van der Waals surface area contributed by atoms with Gasteiger partial charge in [0.15, 0.2) is 5.43 Å². The third-order valence-electron chi connectivity index (χ3n) is 5.80. The molecule has 2 atom stereocenters. The number of piperidine rings is 1. The molecule has 3 fully saturated rings. The average molecular weight is 367 g/mol. The van der Waals surface area contributed by atoms with Gasteiger partial charge < -0.3 is 14.4 Å². The molecule has 2 amide bonds. The zero-order chi connectivity index (χ0) is 19.0. The Balaban J connectivity index is 1.57. The summed E-state index contributed by atoms with van der Waals surface area (Å²) in [5, 5.41) is 0.619. The van der Waals surface area contributed by atoms with E-state index in [0.29, 0.717) is 18.5 Å². The maximum atomic E-state index is 13.0. The number of benzene rings is 1. The Morgan fingerprint density at radius 2 is 1.93 bits per heavy atom. The van der Waals surface area contributed by atoms with E-state index in [1.54, 1.807) is 12.3 Å². The van der Waals surface area contributed by atoms with Gasteiger partial charge in [0.05, 0.1) is 11.4 Å². The first-order chi connectivity index (χ1) is 13.1. The third kappa shape index (κ3) is 3.24. The second kappa shape index (κ2) is 7.18. The van der Waals surface area contributed by atoms with Crippen LogP contribution in [0.2, 0.25) is 0 Å². The molecule has 1 aromatic heterocycles. The molecule has 1 aromatic carbocycles. The highest BCUT2D eigenvalue weighted by atomic mass is 16.2. The third-order valence-corrected chi connectivity index (χ3v) is 5.80. The number of carbonyl (C=O) groups excluding carboxylic acids is 2. The predicted octanol–water partition coefficient (Wildman–Crippen LogP) is 1.86. The lowest BCUT2D eigenvalue weighted by Gasteiger charge is -2.35. The molecule has 0 unspecified atom stereocenters. The number of carbonyl (C=O) groups is 2. The van der Waals surface area contributed by atoms with E-state index >= 15 is 0 Å². The molecule has 142 valence electrons. The van der Waals surface area contributed by atoms with Gasteiger partial charge >= 0.3 is 0 Å². The molecule has 0 N–H and O–H groups in total. The molecule has 2 aromatic rings. The quantitative estimate of drug-likeness (QED) is 0.829. The maximum absolute atomic E-state index is 13.0. The van der Waals surface area contributed by atoms with Gasteiger partial charge in [0.2, 0.25) is 11.8 Å². The molecule has 27 heavy (non-hydrogen) atoms. The van der Waals surface area contributed by atoms with E-state index in [0.717, 1.165) is 31.3 Å². The molecule has 2 bridgehead atoms. The van der Waals surface area contributed by atoms with Crippen molar-refractivity contribution in [2.75, 3.05) is 19.6 Å². The second-order valence-electron chi connectivity index (χ2n) is 7.58. The summed E-state index contributed by atoms with van der Waals surface area (Å²) in [6.45, 7) is 4.15. The first-order valence-electron chi connectivity index (χ1n) is 9.75. The van der Waals surface area contributed by atoms with Gasteiger partial charge in [-0.15, -0.1) is 0 Å². The number of rotatable bonds is 4. The van der Waals surface area contributed by atoms with Gasteiger partial charge in [-0.25, -0.2) is 0 Å². The largest absolute Gasteiger partial charge is 0.338 e. The van der Waals surface area contributed by atoms with E-state index in [4.69, 9.17) is 0 Å². The molecule has 3 aliphatic rings. The Labute approximate surface area is 158 Å². The van der Waals surface area contributed by atoms with Crippen LogP contribution in [0.25, 0.3) is 10.9 Å². The summed E-state index contributed by atoms with van der Waals surface area (Å²) in [4.78, 5) is 41.6. The van der Waals surface area contributed by atoms with Crippen LogP contribution >= 0.6 is 0 Å². The van der Waals surface area contributed by atoms with Crippen LogP contribution in [0.15, 0.2) is 41.3 Å². The fraction of sp³-hybridized carbons (Fsp3) is 0.476. The highest BCUT2D eigenvalue weighted by molar-refractivity contribution is 5.84. The zero-order valence-electron chi connectivity index (χ0n) is 15.6. The fourth-order valence-corrected chi connectivity index (χ4v) is 4.42. The lowest BCUT2D eigenvalue weighted by atomic mass is 9.94. The average Bonchev–Trinajstić information content (AvgIpc) is 2.97. The van der Waals surface area contributed by atoms with E-state index in [1.807, 2.05) is 32.6 Å². The van der Waals surface area contributed by atoms with E-state index < -0.39 is 0 Å². The Kier molecular flexibility index (Phi) is 4.72. The van der Waals surface area contributed by atoms with E-state index in [-0.39, 0.29) is 35.7 Å². The SMILES string of the molecule is CCCN1C(=O)[C@H]2CC[C@@H]1CN(C(=O)Cn1ccc(=O)c3ccccc31)C2. The smallest absolute Gasteiger partial charge is 0.242 e. The van der Waals surface area contributed by atoms with E-state index in [9.17, 15) is 14.4 Å². The first kappa shape index (κ1) is 17.8. The summed E-state index contributed by atoms with van der Waals surface area (Å²) in [5.74, 6) is 0.133. The van der Waals surface area contributed by atoms with Crippen LogP contribution < -0.4 is 5.43 Å². The van der Waals surface area contributed by atoms with Gasteiger partial charge in [-0.2, -0.15) is 0 Å². The van der Waals surface area contributed by atoms with Gasteiger partial charge in [-0.1, -0.05) is 19.1 Å². The van der Waals surface area contributed by atoms with Gasteiger partial charge in [0.25, 0.3) is 0 Å². The standard InChI is InChI=1S/C21H25N3O3/c1-2-10-24-16-8-7-15(21(24)27)12-23(13-16)20(26)14-22-11-9-19(25)17-5-3-4-6-18(17)22/h3-6,9,11,15-16H,2,7-8,10,12-14H2,1H3/t15-,16+/m0/s1. The summed E-state index contributed by atoms with van der Waals surface area (Å²) in [5.41, 5.74) is 0.725. The van der Waals surface area contributed by atoms with Crippen LogP contribution in [0.5, 0.6) is 0 Å². The highest BCUT2D eigenvalue weighted by Crippen LogP contribution is 2.29. The van der Waals surface area contributed by atoms with Crippen LogP contribution in [0.4, 0.5) is 0 Å². The highest BCUT2D eigenvalue weighted by Gasteiger charge is 2.41. The van der Waals surface area contributed by atoms with Crippen molar-refractivity contribution < 1.29 is 9.59 Å². The van der Waals surface area contributed by atoms with Gasteiger partial charge in [0, 0.05) is 43.3 Å². The van der Waals surface area contributed by atoms with Gasteiger partial charge in [0.1, 0.15) is 6.54 Å². The van der Waals surface area contributed by atoms with Gasteiger partial charge in [-0.3, -0.25) is 14.4 Å². The lowest BCUT2D eigenvalue weighted by molar-refractivity contribution is -0.139. The molecule has 0 aliphatic carbocycles. The van der Waals surface area contributed by atoms with Crippen LogP contribution in [0.3, 0.4) is 0 Å². The van der Waals surface area contributed by atoms with Crippen LogP contribution in [0.1, 0.15) is 26.2 Å². The van der Waals surface area contributed by atoms with Crippen molar-refractivity contribution in [3.05, 3.63) is 46.8 Å². The lowest BCUT2D eigenvalue weighted by Crippen LogP contribution is -2.48. The Morgan fingerprint density at radius 3 is 2.74 bits per heavy atom. The number of hydrogen-bond donors (Lipinski definition) is 0. The summed E-state index contributed by atoms with van der Waals surface area (Å²) in [6.07, 6.45) is 4.46. The summed E-state index contributed by atoms with van der Waals surface area (Å²) >= 11 is 0. The fourth-order valence-electron chi connectivity index (χ4n) is 4.42. The number of aromatic nitrogens is 1. The van der Waals surface area contributed by atoms with E-state index in [1.165, 1.54) is 6.07 Å². The molecule has 6 nitrogen and oxygen atoms in total. The Hall–Kier alpha value is -2.63. The normalized spacial score (nSPS) is 22.3. The topological polar surface area (TPSA) is 62.6 Å². The van der Waals surface area contributed by atoms with Crippen molar-refractivity contribution in [2.45, 2.75) is 38.8 Å². The van der Waals surface area contributed by atoms with Crippen molar-refractivity contribution in [3.8, 4) is 0 Å². The monoisotopic (exact) mass is 367 g/mol. The maximum Gasteiger partial charge on any atom is 0.242 e. The van der Waals surface area contributed by atoms with Crippen molar-refractivity contribution >= 4 is 22.7 Å². The van der Waals surface area contributed by atoms with Gasteiger partial charge in [-0.05, 0) is 31.4 Å². The molecule has 6 heteroatoms. The summed E-state index contributed by atoms with van der Waals surface area (Å²) < 4.78 is 1.83. The number of nitrogens with zero attached hydrogens (tertiary/aromatic N) is 3. The number of fused-ring (bicyclic) bond motifs is 5. The van der Waals surface area contributed by atoms with Crippen molar-refractivity contribution in [3.63, 3.8) is 0 Å². The summed E-state index contributed by atoms with van der Waals surface area (Å²) in [6, 6.07) is 8.99. The Bertz CT molecular complexity index is 936. The minimum absolute atomic E-state index is 0.00634. The number of para-hydroxylation sites is 1. The molecular formula is C21H25N3O3. The van der Waals surface area contributed by atoms with Crippen LogP contribution in [-0.2, 0) is 16.1 Å². The second-order valence-corrected chi connectivity index (χ2v) is 7.58. The number of pyridine rings is 1. The number of amides is 2. The van der Waals surface area contributed by atoms with Crippen LogP contribution in [0, 0.1) is 5.92 Å². The Morgan fingerprint density at radius 1 is 1.11 bits per heavy atom. The zero-order valence-corrected chi connectivity index (χ0v) is 15.6. The van der Waals surface area contributed by atoms with Crippen LogP contribution in [-0.4, -0.2) is 51.9 Å². The van der Waals surface area contributed by atoms with Crippen molar-refractivity contribution in [1.82, 2.24) is 14.4 Å². The molecule has 3 saturated heterocycles. The summed E-state index contributed by atoms with van der Waals surface area (Å²) in [7, 11) is 0. The van der Waals surface area contributed by atoms with Crippen molar-refractivity contribution in [1.29, 1.82) is 0 Å². The van der Waals surface area contributed by atoms with Crippen molar-refractivity contribution in [2.24, 2.45) is 5.92 Å². The predicted molar refractivity (Wildman–Crippen MR) is 103 cm³/mol. The molecule has 3 aliphatic heterocycles. The molecule has 0 spiro atoms. The molecular weight excluding hydrogens is 342 g/mol. The minimum atomic E-state index is -0.0787.